The van der Waals surface area contributed by atoms with E-state index in [-0.39, 0.29) is 6.04 Å². The van der Waals surface area contributed by atoms with Crippen molar-refractivity contribution in [3.63, 3.8) is 0 Å². The number of benzene rings is 1. The molecule has 0 spiro atoms. The van der Waals surface area contributed by atoms with Crippen LogP contribution in [-0.2, 0) is 0 Å². The minimum Gasteiger partial charge on any atom is -0.495 e. The van der Waals surface area contributed by atoms with Gasteiger partial charge < -0.3 is 14.5 Å². The maximum absolute atomic E-state index is 6.41. The Kier molecular flexibility index (Phi) is 4.87. The van der Waals surface area contributed by atoms with Crippen LogP contribution in [0.25, 0.3) is 0 Å². The second-order valence-electron chi connectivity index (χ2n) is 4.98. The van der Waals surface area contributed by atoms with E-state index in [0.717, 1.165) is 28.2 Å². The quantitative estimate of drug-likeness (QED) is 0.873. The zero-order chi connectivity index (χ0) is 15.7. The molecule has 1 atom stereocenters. The second-order valence-corrected chi connectivity index (χ2v) is 5.80. The first kappa shape index (κ1) is 16.2. The summed E-state index contributed by atoms with van der Waals surface area (Å²) in [4.78, 5) is 0. The van der Waals surface area contributed by atoms with Gasteiger partial charge in [0.05, 0.1) is 18.2 Å². The maximum Gasteiger partial charge on any atom is 0.138 e. The summed E-state index contributed by atoms with van der Waals surface area (Å²) >= 11 is 12.6. The zero-order valence-electron chi connectivity index (χ0n) is 12.8. The fourth-order valence-electron chi connectivity index (χ4n) is 2.61. The summed E-state index contributed by atoms with van der Waals surface area (Å²) < 4.78 is 10.9. The number of ether oxygens (including phenoxy) is 1. The van der Waals surface area contributed by atoms with E-state index < -0.39 is 0 Å². The zero-order valence-corrected chi connectivity index (χ0v) is 14.3. The van der Waals surface area contributed by atoms with Gasteiger partial charge in [-0.05, 0) is 45.0 Å². The molecule has 1 aromatic heterocycles. The minimum absolute atomic E-state index is 0.0849. The summed E-state index contributed by atoms with van der Waals surface area (Å²) in [5.74, 6) is 2.36. The fourth-order valence-corrected chi connectivity index (χ4v) is 3.12. The van der Waals surface area contributed by atoms with Crippen LogP contribution in [0.2, 0.25) is 10.0 Å². The molecule has 0 saturated heterocycles. The van der Waals surface area contributed by atoms with Gasteiger partial charge in [0.15, 0.2) is 0 Å². The number of furan rings is 1. The molecule has 3 nitrogen and oxygen atoms in total. The van der Waals surface area contributed by atoms with Gasteiger partial charge in [-0.1, -0.05) is 23.2 Å². The van der Waals surface area contributed by atoms with Crippen LogP contribution in [0.1, 0.15) is 34.3 Å². The molecule has 1 N–H and O–H groups in total. The van der Waals surface area contributed by atoms with Gasteiger partial charge in [-0.25, -0.2) is 0 Å². The fraction of sp³-hybridized carbons (Fsp3) is 0.375. The largest absolute Gasteiger partial charge is 0.495 e. The second kappa shape index (κ2) is 6.30. The van der Waals surface area contributed by atoms with Crippen LogP contribution in [-0.4, -0.2) is 14.2 Å². The normalized spacial score (nSPS) is 12.5. The first-order valence-corrected chi connectivity index (χ1v) is 7.43. The number of rotatable bonds is 4. The molecular formula is C16H19Cl2NO2. The number of methoxy groups -OCH3 is 1. The average Bonchev–Trinajstić information content (AvgIpc) is 2.69. The third-order valence-corrected chi connectivity index (χ3v) is 4.40. The molecular weight excluding hydrogens is 309 g/mol. The number of aryl methyl sites for hydroxylation is 2. The van der Waals surface area contributed by atoms with E-state index >= 15 is 0 Å². The molecule has 21 heavy (non-hydrogen) atoms. The third kappa shape index (κ3) is 2.91. The van der Waals surface area contributed by atoms with Crippen molar-refractivity contribution in [3.05, 3.63) is 50.4 Å². The van der Waals surface area contributed by atoms with E-state index in [9.17, 15) is 0 Å². The molecule has 0 fully saturated rings. The van der Waals surface area contributed by atoms with Gasteiger partial charge in [0.1, 0.15) is 17.3 Å². The molecule has 0 saturated carbocycles. The smallest absolute Gasteiger partial charge is 0.138 e. The maximum atomic E-state index is 6.41. The standard InChI is InChI=1S/C16H19Cl2NO2/c1-8-9(2)21-10(3)15(8)16(19-4)11-6-13(18)14(20-5)7-12(11)17/h6-7,16,19H,1-5H3. The van der Waals surface area contributed by atoms with E-state index in [1.165, 1.54) is 0 Å². The van der Waals surface area contributed by atoms with Gasteiger partial charge >= 0.3 is 0 Å². The highest BCUT2D eigenvalue weighted by Crippen LogP contribution is 2.38. The lowest BCUT2D eigenvalue weighted by Gasteiger charge is -2.20. The molecule has 0 aliphatic carbocycles. The van der Waals surface area contributed by atoms with Crippen molar-refractivity contribution in [2.24, 2.45) is 0 Å². The van der Waals surface area contributed by atoms with Crippen LogP contribution in [0.5, 0.6) is 5.75 Å². The van der Waals surface area contributed by atoms with Crippen molar-refractivity contribution in [2.75, 3.05) is 14.2 Å². The topological polar surface area (TPSA) is 34.4 Å². The summed E-state index contributed by atoms with van der Waals surface area (Å²) in [6, 6.07) is 3.49. The lowest BCUT2D eigenvalue weighted by atomic mass is 9.95. The SMILES string of the molecule is CNC(c1cc(Cl)c(OC)cc1Cl)c1c(C)oc(C)c1C. The van der Waals surface area contributed by atoms with Crippen LogP contribution < -0.4 is 10.1 Å². The summed E-state index contributed by atoms with van der Waals surface area (Å²) in [5, 5.41) is 4.43. The van der Waals surface area contributed by atoms with Crippen molar-refractivity contribution < 1.29 is 9.15 Å². The van der Waals surface area contributed by atoms with Crippen LogP contribution in [0, 0.1) is 20.8 Å². The molecule has 0 radical (unpaired) electrons. The first-order chi connectivity index (χ1) is 9.90. The molecule has 0 amide bonds. The Labute approximate surface area is 135 Å². The molecule has 0 bridgehead atoms. The molecule has 5 heteroatoms. The van der Waals surface area contributed by atoms with Crippen LogP contribution in [0.15, 0.2) is 16.5 Å². The first-order valence-electron chi connectivity index (χ1n) is 6.67. The highest BCUT2D eigenvalue weighted by molar-refractivity contribution is 6.34. The van der Waals surface area contributed by atoms with Crippen LogP contribution in [0.4, 0.5) is 0 Å². The highest BCUT2D eigenvalue weighted by Gasteiger charge is 2.24. The Bertz CT molecular complexity index is 665. The van der Waals surface area contributed by atoms with E-state index in [0.29, 0.717) is 15.8 Å². The van der Waals surface area contributed by atoms with Gasteiger partial charge in [0, 0.05) is 16.7 Å². The molecule has 0 aliphatic rings. The Balaban J connectivity index is 2.59. The molecule has 1 heterocycles. The molecule has 0 aliphatic heterocycles. The summed E-state index contributed by atoms with van der Waals surface area (Å²) in [6.07, 6.45) is 0. The van der Waals surface area contributed by atoms with Crippen molar-refractivity contribution >= 4 is 23.2 Å². The van der Waals surface area contributed by atoms with E-state index in [2.05, 4.69) is 5.32 Å². The van der Waals surface area contributed by atoms with Crippen LogP contribution in [0.3, 0.4) is 0 Å². The Morgan fingerprint density at radius 1 is 1.10 bits per heavy atom. The Hall–Kier alpha value is -1.16. The predicted octanol–water partition coefficient (Wildman–Crippen LogP) is 4.83. The average molecular weight is 328 g/mol. The van der Waals surface area contributed by atoms with E-state index in [1.54, 1.807) is 13.2 Å². The highest BCUT2D eigenvalue weighted by atomic mass is 35.5. The number of halogens is 2. The lowest BCUT2D eigenvalue weighted by Crippen LogP contribution is -2.19. The summed E-state index contributed by atoms with van der Waals surface area (Å²) in [7, 11) is 3.46. The van der Waals surface area contributed by atoms with Gasteiger partial charge in [-0.2, -0.15) is 0 Å². The van der Waals surface area contributed by atoms with E-state index in [4.69, 9.17) is 32.4 Å². The van der Waals surface area contributed by atoms with Crippen molar-refractivity contribution in [1.29, 1.82) is 0 Å². The monoisotopic (exact) mass is 327 g/mol. The number of hydrogen-bond acceptors (Lipinski definition) is 3. The van der Waals surface area contributed by atoms with E-state index in [1.807, 2.05) is 33.9 Å². The van der Waals surface area contributed by atoms with Gasteiger partial charge in [0.25, 0.3) is 0 Å². The number of nitrogens with one attached hydrogen (secondary N) is 1. The molecule has 1 aromatic carbocycles. The van der Waals surface area contributed by atoms with Gasteiger partial charge in [0.2, 0.25) is 0 Å². The Morgan fingerprint density at radius 2 is 1.76 bits per heavy atom. The number of hydrogen-bond donors (Lipinski definition) is 1. The van der Waals surface area contributed by atoms with Crippen LogP contribution >= 0.6 is 23.2 Å². The summed E-state index contributed by atoms with van der Waals surface area (Å²) in [6.45, 7) is 5.96. The van der Waals surface area contributed by atoms with Crippen molar-refractivity contribution in [3.8, 4) is 5.75 Å². The molecule has 1 unspecified atom stereocenters. The Morgan fingerprint density at radius 3 is 2.24 bits per heavy atom. The van der Waals surface area contributed by atoms with Crippen molar-refractivity contribution in [2.45, 2.75) is 26.8 Å². The molecule has 2 rings (SSSR count). The van der Waals surface area contributed by atoms with Gasteiger partial charge in [-0.3, -0.25) is 0 Å². The van der Waals surface area contributed by atoms with Crippen molar-refractivity contribution in [1.82, 2.24) is 5.32 Å². The summed E-state index contributed by atoms with van der Waals surface area (Å²) in [5.41, 5.74) is 3.12. The minimum atomic E-state index is -0.0849. The molecule has 2 aromatic rings. The third-order valence-electron chi connectivity index (χ3n) is 3.78. The van der Waals surface area contributed by atoms with Gasteiger partial charge in [-0.15, -0.1) is 0 Å². The predicted molar refractivity (Wildman–Crippen MR) is 86.8 cm³/mol. The molecule has 114 valence electrons. The lowest BCUT2D eigenvalue weighted by molar-refractivity contribution is 0.414.